The van der Waals surface area contributed by atoms with Gasteiger partial charge in [0.25, 0.3) is 0 Å². The second-order valence-corrected chi connectivity index (χ2v) is 12.6. The van der Waals surface area contributed by atoms with Gasteiger partial charge in [0.15, 0.2) is 5.65 Å². The molecule has 4 heterocycles. The highest BCUT2D eigenvalue weighted by molar-refractivity contribution is 14.1. The molecule has 1 aliphatic heterocycles. The monoisotopic (exact) mass is 551 g/mol. The molecule has 1 N–H and O–H groups in total. The Morgan fingerprint density at radius 3 is 2.77 bits per heavy atom. The highest BCUT2D eigenvalue weighted by Gasteiger charge is 2.49. The third kappa shape index (κ3) is 3.66. The van der Waals surface area contributed by atoms with Crippen molar-refractivity contribution in [3.05, 3.63) is 45.7 Å². The van der Waals surface area contributed by atoms with Gasteiger partial charge in [-0.3, -0.25) is 9.38 Å². The standard InChI is InChI=1S/C21H26IN7OS/c1-20(2,3)31(30)27-17-14-5-4-8-23-16(14)11-21(17)6-9-28(10-7-21)19-24-12-15(22)18-26-25-13-29(18)19/h4-5,8,12-13,17,27H,6-7,9-11H2,1-3H3/t17-,31?/m1/s1. The Bertz CT molecular complexity index is 1150. The highest BCUT2D eigenvalue weighted by Crippen LogP contribution is 2.52. The zero-order chi connectivity index (χ0) is 21.8. The highest BCUT2D eigenvalue weighted by atomic mass is 127. The largest absolute Gasteiger partial charge is 0.342 e. The molecule has 1 spiro atoms. The molecule has 1 aliphatic carbocycles. The fourth-order valence-corrected chi connectivity index (χ4v) is 6.18. The minimum absolute atomic E-state index is 0.00358. The maximum absolute atomic E-state index is 13.0. The first kappa shape index (κ1) is 21.2. The summed E-state index contributed by atoms with van der Waals surface area (Å²) in [7, 11) is -1.15. The lowest BCUT2D eigenvalue weighted by atomic mass is 9.73. The van der Waals surface area contributed by atoms with E-state index in [0.717, 1.165) is 53.2 Å². The fourth-order valence-electron chi connectivity index (χ4n) is 4.73. The Balaban J connectivity index is 1.43. The number of nitrogens with zero attached hydrogens (tertiary/aromatic N) is 6. The van der Waals surface area contributed by atoms with E-state index in [1.165, 1.54) is 5.56 Å². The first-order valence-electron chi connectivity index (χ1n) is 10.5. The van der Waals surface area contributed by atoms with Crippen LogP contribution in [0, 0.1) is 8.99 Å². The van der Waals surface area contributed by atoms with E-state index in [9.17, 15) is 4.21 Å². The van der Waals surface area contributed by atoms with E-state index < -0.39 is 11.0 Å². The third-order valence-electron chi connectivity index (χ3n) is 6.46. The summed E-state index contributed by atoms with van der Waals surface area (Å²) < 4.78 is 19.2. The van der Waals surface area contributed by atoms with Gasteiger partial charge in [0.2, 0.25) is 5.95 Å². The Kier molecular flexibility index (Phi) is 5.29. The van der Waals surface area contributed by atoms with Crippen molar-refractivity contribution in [3.63, 3.8) is 0 Å². The van der Waals surface area contributed by atoms with Crippen LogP contribution in [0.15, 0.2) is 30.9 Å². The fraction of sp³-hybridized carbons (Fsp3) is 0.524. The van der Waals surface area contributed by atoms with Crippen LogP contribution in [0.5, 0.6) is 0 Å². The van der Waals surface area contributed by atoms with Crippen molar-refractivity contribution in [3.8, 4) is 0 Å². The number of pyridine rings is 1. The number of anilines is 1. The molecule has 0 amide bonds. The normalized spacial score (nSPS) is 21.5. The molecule has 1 saturated heterocycles. The summed E-state index contributed by atoms with van der Waals surface area (Å²) in [6, 6.07) is 4.17. The van der Waals surface area contributed by atoms with E-state index in [2.05, 4.69) is 58.4 Å². The molecule has 1 unspecified atom stereocenters. The summed E-state index contributed by atoms with van der Waals surface area (Å²) in [5, 5.41) is 8.30. The van der Waals surface area contributed by atoms with Crippen molar-refractivity contribution in [2.24, 2.45) is 5.41 Å². The van der Waals surface area contributed by atoms with Gasteiger partial charge in [0, 0.05) is 31.2 Å². The number of fused-ring (bicyclic) bond motifs is 2. The molecule has 0 radical (unpaired) electrons. The number of halogens is 1. The molecule has 3 aromatic heterocycles. The molecule has 0 aromatic carbocycles. The van der Waals surface area contributed by atoms with Crippen molar-refractivity contribution < 1.29 is 4.21 Å². The van der Waals surface area contributed by atoms with Gasteiger partial charge in [0.05, 0.1) is 25.3 Å². The molecular formula is C21H26IN7OS. The lowest BCUT2D eigenvalue weighted by Crippen LogP contribution is -2.48. The van der Waals surface area contributed by atoms with Crippen LogP contribution in [-0.4, -0.2) is 46.6 Å². The molecule has 8 nitrogen and oxygen atoms in total. The molecule has 31 heavy (non-hydrogen) atoms. The minimum atomic E-state index is -1.15. The smallest absolute Gasteiger partial charge is 0.212 e. The number of rotatable bonds is 3. The van der Waals surface area contributed by atoms with Crippen molar-refractivity contribution >= 4 is 45.2 Å². The summed E-state index contributed by atoms with van der Waals surface area (Å²) in [4.78, 5) is 11.7. The summed E-state index contributed by atoms with van der Waals surface area (Å²) in [5.41, 5.74) is 3.17. The topological polar surface area (TPSA) is 88.3 Å². The Morgan fingerprint density at radius 2 is 2.03 bits per heavy atom. The molecule has 10 heteroatoms. The first-order chi connectivity index (χ1) is 14.8. The average molecular weight is 551 g/mol. The van der Waals surface area contributed by atoms with Crippen LogP contribution in [0.3, 0.4) is 0 Å². The van der Waals surface area contributed by atoms with Gasteiger partial charge in [-0.15, -0.1) is 10.2 Å². The van der Waals surface area contributed by atoms with E-state index in [0.29, 0.717) is 0 Å². The van der Waals surface area contributed by atoms with Gasteiger partial charge in [0.1, 0.15) is 6.33 Å². The molecule has 5 rings (SSSR count). The summed E-state index contributed by atoms with van der Waals surface area (Å²) in [5.74, 6) is 0.881. The third-order valence-corrected chi connectivity index (χ3v) is 8.78. The van der Waals surface area contributed by atoms with Gasteiger partial charge < -0.3 is 4.90 Å². The van der Waals surface area contributed by atoms with E-state index >= 15 is 0 Å². The second kappa shape index (κ2) is 7.73. The number of hydrogen-bond acceptors (Lipinski definition) is 6. The van der Waals surface area contributed by atoms with Crippen LogP contribution >= 0.6 is 22.6 Å². The van der Waals surface area contributed by atoms with Crippen molar-refractivity contribution in [2.75, 3.05) is 18.0 Å². The number of hydrogen-bond donors (Lipinski definition) is 1. The molecule has 2 atom stereocenters. The number of piperidine rings is 1. The lowest BCUT2D eigenvalue weighted by Gasteiger charge is -2.44. The minimum Gasteiger partial charge on any atom is -0.342 e. The summed E-state index contributed by atoms with van der Waals surface area (Å²) in [6.45, 7) is 7.77. The Labute approximate surface area is 198 Å². The lowest BCUT2D eigenvalue weighted by molar-refractivity contribution is 0.176. The van der Waals surface area contributed by atoms with Crippen LogP contribution in [0.4, 0.5) is 5.95 Å². The SMILES string of the molecule is CC(C)(C)S(=O)N[C@@H]1c2cccnc2CC12CCN(c1ncc(I)c3nncn13)CC2. The van der Waals surface area contributed by atoms with E-state index in [4.69, 9.17) is 0 Å². The quantitative estimate of drug-likeness (QED) is 0.504. The van der Waals surface area contributed by atoms with Crippen LogP contribution in [0.2, 0.25) is 0 Å². The zero-order valence-corrected chi connectivity index (χ0v) is 20.9. The van der Waals surface area contributed by atoms with Gasteiger partial charge in [-0.1, -0.05) is 6.07 Å². The molecule has 0 saturated carbocycles. The molecule has 2 aliphatic rings. The van der Waals surface area contributed by atoms with Gasteiger partial charge in [-0.25, -0.2) is 13.9 Å². The molecule has 0 bridgehead atoms. The van der Waals surface area contributed by atoms with E-state index in [1.807, 2.05) is 43.6 Å². The number of aromatic nitrogens is 5. The van der Waals surface area contributed by atoms with Crippen LogP contribution < -0.4 is 9.62 Å². The molecular weight excluding hydrogens is 525 g/mol. The van der Waals surface area contributed by atoms with Gasteiger partial charge in [-0.2, -0.15) is 0 Å². The van der Waals surface area contributed by atoms with Crippen molar-refractivity contribution in [1.29, 1.82) is 0 Å². The predicted octanol–water partition coefficient (Wildman–Crippen LogP) is 3.06. The maximum atomic E-state index is 13.0. The van der Waals surface area contributed by atoms with Crippen LogP contribution in [0.25, 0.3) is 5.65 Å². The van der Waals surface area contributed by atoms with Crippen molar-refractivity contribution in [2.45, 2.75) is 50.8 Å². The predicted molar refractivity (Wildman–Crippen MR) is 129 cm³/mol. The van der Waals surface area contributed by atoms with Crippen molar-refractivity contribution in [1.82, 2.24) is 29.3 Å². The second-order valence-electron chi connectivity index (χ2n) is 9.43. The van der Waals surface area contributed by atoms with E-state index in [1.54, 1.807) is 6.33 Å². The van der Waals surface area contributed by atoms with Gasteiger partial charge >= 0.3 is 0 Å². The average Bonchev–Trinajstić information content (AvgIpc) is 3.33. The van der Waals surface area contributed by atoms with Crippen LogP contribution in [0.1, 0.15) is 50.9 Å². The molecule has 164 valence electrons. The summed E-state index contributed by atoms with van der Waals surface area (Å²) in [6.07, 6.45) is 8.31. The molecule has 1 fully saturated rings. The maximum Gasteiger partial charge on any atom is 0.212 e. The first-order valence-corrected chi connectivity index (χ1v) is 12.7. The summed E-state index contributed by atoms with van der Waals surface area (Å²) >= 11 is 2.24. The zero-order valence-electron chi connectivity index (χ0n) is 17.9. The van der Waals surface area contributed by atoms with Crippen LogP contribution in [-0.2, 0) is 17.4 Å². The Morgan fingerprint density at radius 1 is 1.26 bits per heavy atom. The van der Waals surface area contributed by atoms with E-state index in [-0.39, 0.29) is 16.2 Å². The molecule has 3 aromatic rings. The van der Waals surface area contributed by atoms with Gasteiger partial charge in [-0.05, 0) is 79.7 Å². The number of nitrogens with one attached hydrogen (secondary N) is 1. The Hall–Kier alpha value is -1.66.